The van der Waals surface area contributed by atoms with Gasteiger partial charge in [0.1, 0.15) is 10.8 Å². The van der Waals surface area contributed by atoms with Crippen molar-refractivity contribution in [2.75, 3.05) is 13.7 Å². The first-order valence-electron chi connectivity index (χ1n) is 4.20. The molecule has 1 heterocycles. The average Bonchev–Trinajstić information content (AvgIpc) is 2.52. The van der Waals surface area contributed by atoms with E-state index in [9.17, 15) is 0 Å². The molecule has 0 saturated carbocycles. The van der Waals surface area contributed by atoms with Gasteiger partial charge < -0.3 is 4.74 Å². The minimum absolute atomic E-state index is 0.343. The van der Waals surface area contributed by atoms with E-state index in [2.05, 4.69) is 32.2 Å². The summed E-state index contributed by atoms with van der Waals surface area (Å²) in [6.45, 7) is 2.77. The van der Waals surface area contributed by atoms with E-state index in [4.69, 9.17) is 4.74 Å². The van der Waals surface area contributed by atoms with E-state index in [1.165, 1.54) is 11.5 Å². The largest absolute Gasteiger partial charge is 0.384 e. The zero-order valence-electron chi connectivity index (χ0n) is 7.79. The standard InChI is InChI=1S/C8H13BrN2OS/c1-3-7-10-8(13-11-7)4-6(9)5-12-2/h6H,3-5H2,1-2H3. The molecule has 0 saturated heterocycles. The Kier molecular flexibility index (Phi) is 4.83. The van der Waals surface area contributed by atoms with E-state index in [1.807, 2.05) is 0 Å². The van der Waals surface area contributed by atoms with Crippen molar-refractivity contribution in [2.45, 2.75) is 24.6 Å². The second kappa shape index (κ2) is 5.67. The van der Waals surface area contributed by atoms with Crippen LogP contribution in [0, 0.1) is 0 Å². The highest BCUT2D eigenvalue weighted by atomic mass is 79.9. The summed E-state index contributed by atoms with van der Waals surface area (Å²) in [5, 5.41) is 1.08. The van der Waals surface area contributed by atoms with Gasteiger partial charge in [0.25, 0.3) is 0 Å². The van der Waals surface area contributed by atoms with Crippen molar-refractivity contribution in [2.24, 2.45) is 0 Å². The number of ether oxygens (including phenoxy) is 1. The van der Waals surface area contributed by atoms with Gasteiger partial charge >= 0.3 is 0 Å². The van der Waals surface area contributed by atoms with E-state index < -0.39 is 0 Å². The van der Waals surface area contributed by atoms with Crippen molar-refractivity contribution in [1.29, 1.82) is 0 Å². The number of aromatic nitrogens is 2. The predicted octanol–water partition coefficient (Wildman–Crippen LogP) is 2.05. The zero-order chi connectivity index (χ0) is 9.68. The van der Waals surface area contributed by atoms with Crippen molar-refractivity contribution in [1.82, 2.24) is 9.36 Å². The fourth-order valence-electron chi connectivity index (χ4n) is 0.946. The average molecular weight is 265 g/mol. The van der Waals surface area contributed by atoms with Crippen LogP contribution < -0.4 is 0 Å². The monoisotopic (exact) mass is 264 g/mol. The third-order valence-corrected chi connectivity index (χ3v) is 2.93. The molecule has 0 aliphatic carbocycles. The molecule has 0 aliphatic heterocycles. The number of aryl methyl sites for hydroxylation is 1. The maximum atomic E-state index is 5.02. The molecule has 0 fully saturated rings. The van der Waals surface area contributed by atoms with Crippen LogP contribution in [0.25, 0.3) is 0 Å². The molecule has 1 aromatic rings. The van der Waals surface area contributed by atoms with Crippen molar-refractivity contribution < 1.29 is 4.74 Å². The predicted molar refractivity (Wildman–Crippen MR) is 57.6 cm³/mol. The lowest BCUT2D eigenvalue weighted by molar-refractivity contribution is 0.200. The lowest BCUT2D eigenvalue weighted by Crippen LogP contribution is -2.09. The minimum atomic E-state index is 0.343. The molecule has 1 rings (SSSR count). The van der Waals surface area contributed by atoms with Gasteiger partial charge in [-0.25, -0.2) is 4.98 Å². The fourth-order valence-corrected chi connectivity index (χ4v) is 2.53. The van der Waals surface area contributed by atoms with Crippen LogP contribution in [0.5, 0.6) is 0 Å². The number of nitrogens with zero attached hydrogens (tertiary/aromatic N) is 2. The van der Waals surface area contributed by atoms with Crippen LogP contribution in [0.1, 0.15) is 17.8 Å². The minimum Gasteiger partial charge on any atom is -0.384 e. The quantitative estimate of drug-likeness (QED) is 0.764. The summed E-state index contributed by atoms with van der Waals surface area (Å²) >= 11 is 5.00. The highest BCUT2D eigenvalue weighted by molar-refractivity contribution is 9.09. The molecule has 13 heavy (non-hydrogen) atoms. The number of rotatable bonds is 5. The van der Waals surface area contributed by atoms with Gasteiger partial charge in [0, 0.05) is 24.8 Å². The topological polar surface area (TPSA) is 35.0 Å². The number of hydrogen-bond acceptors (Lipinski definition) is 4. The summed E-state index contributed by atoms with van der Waals surface area (Å²) in [7, 11) is 1.70. The molecular formula is C8H13BrN2OS. The van der Waals surface area contributed by atoms with E-state index in [1.54, 1.807) is 7.11 Å². The van der Waals surface area contributed by atoms with E-state index in [0.29, 0.717) is 11.4 Å². The van der Waals surface area contributed by atoms with Crippen LogP contribution in [-0.4, -0.2) is 27.9 Å². The molecular weight excluding hydrogens is 252 g/mol. The number of alkyl halides is 1. The first-order chi connectivity index (χ1) is 6.26. The Balaban J connectivity index is 2.44. The lowest BCUT2D eigenvalue weighted by Gasteiger charge is -2.04. The number of hydrogen-bond donors (Lipinski definition) is 0. The van der Waals surface area contributed by atoms with Crippen molar-refractivity contribution >= 4 is 27.5 Å². The molecule has 0 spiro atoms. The van der Waals surface area contributed by atoms with Crippen molar-refractivity contribution in [3.8, 4) is 0 Å². The molecule has 0 radical (unpaired) electrons. The van der Waals surface area contributed by atoms with Gasteiger partial charge in [0.15, 0.2) is 0 Å². The molecule has 0 aromatic carbocycles. The second-order valence-corrected chi connectivity index (χ2v) is 4.85. The summed E-state index contributed by atoms with van der Waals surface area (Å²) in [4.78, 5) is 4.72. The van der Waals surface area contributed by atoms with E-state index in [-0.39, 0.29) is 0 Å². The van der Waals surface area contributed by atoms with Gasteiger partial charge in [-0.15, -0.1) is 0 Å². The second-order valence-electron chi connectivity index (χ2n) is 2.71. The van der Waals surface area contributed by atoms with Gasteiger partial charge in [0.05, 0.1) is 6.61 Å². The SMILES string of the molecule is CCc1nsc(CC(Br)COC)n1. The van der Waals surface area contributed by atoms with E-state index in [0.717, 1.165) is 23.7 Å². The molecule has 74 valence electrons. The maximum absolute atomic E-state index is 5.02. The van der Waals surface area contributed by atoms with Crippen LogP contribution in [-0.2, 0) is 17.6 Å². The zero-order valence-corrected chi connectivity index (χ0v) is 10.2. The maximum Gasteiger partial charge on any atom is 0.142 e. The third kappa shape index (κ3) is 3.70. The van der Waals surface area contributed by atoms with Crippen LogP contribution in [0.15, 0.2) is 0 Å². The van der Waals surface area contributed by atoms with Gasteiger partial charge in [-0.2, -0.15) is 4.37 Å². The normalized spacial score (nSPS) is 13.2. The molecule has 0 bridgehead atoms. The first kappa shape index (κ1) is 11.1. The van der Waals surface area contributed by atoms with Crippen LogP contribution in [0.2, 0.25) is 0 Å². The smallest absolute Gasteiger partial charge is 0.142 e. The molecule has 1 aromatic heterocycles. The Morgan fingerprint density at radius 3 is 2.92 bits per heavy atom. The Bertz CT molecular complexity index is 254. The van der Waals surface area contributed by atoms with Gasteiger partial charge in [-0.1, -0.05) is 22.9 Å². The molecule has 5 heteroatoms. The molecule has 0 N–H and O–H groups in total. The summed E-state index contributed by atoms with van der Waals surface area (Å²) in [5.41, 5.74) is 0. The third-order valence-electron chi connectivity index (χ3n) is 1.57. The van der Waals surface area contributed by atoms with Gasteiger partial charge in [0.2, 0.25) is 0 Å². The van der Waals surface area contributed by atoms with E-state index >= 15 is 0 Å². The Hall–Kier alpha value is -0.0000000000000000555. The Morgan fingerprint density at radius 1 is 1.62 bits per heavy atom. The highest BCUT2D eigenvalue weighted by Crippen LogP contribution is 2.12. The fraction of sp³-hybridized carbons (Fsp3) is 0.750. The number of methoxy groups -OCH3 is 1. The van der Waals surface area contributed by atoms with Gasteiger partial charge in [-0.3, -0.25) is 0 Å². The van der Waals surface area contributed by atoms with Crippen LogP contribution >= 0.6 is 27.5 Å². The molecule has 3 nitrogen and oxygen atoms in total. The lowest BCUT2D eigenvalue weighted by atomic mass is 10.3. The van der Waals surface area contributed by atoms with Crippen LogP contribution in [0.4, 0.5) is 0 Å². The van der Waals surface area contributed by atoms with Crippen molar-refractivity contribution in [3.05, 3.63) is 10.8 Å². The summed E-state index contributed by atoms with van der Waals surface area (Å²) in [6, 6.07) is 0. The Labute approximate surface area is 90.8 Å². The number of halogens is 1. The first-order valence-corrected chi connectivity index (χ1v) is 5.89. The molecule has 1 unspecified atom stereocenters. The van der Waals surface area contributed by atoms with Crippen LogP contribution in [0.3, 0.4) is 0 Å². The molecule has 0 aliphatic rings. The van der Waals surface area contributed by atoms with Gasteiger partial charge in [-0.05, 0) is 11.5 Å². The van der Waals surface area contributed by atoms with Crippen molar-refractivity contribution in [3.63, 3.8) is 0 Å². The summed E-state index contributed by atoms with van der Waals surface area (Å²) in [6.07, 6.45) is 1.80. The Morgan fingerprint density at radius 2 is 2.38 bits per heavy atom. The summed E-state index contributed by atoms with van der Waals surface area (Å²) < 4.78 is 9.24. The highest BCUT2D eigenvalue weighted by Gasteiger charge is 2.09. The molecule has 1 atom stereocenters. The molecule has 0 amide bonds. The summed E-state index contributed by atoms with van der Waals surface area (Å²) in [5.74, 6) is 0.942.